The van der Waals surface area contributed by atoms with E-state index in [-0.39, 0.29) is 0 Å². The summed E-state index contributed by atoms with van der Waals surface area (Å²) in [5, 5.41) is 3.10. The van der Waals surface area contributed by atoms with Gasteiger partial charge in [0.2, 0.25) is 0 Å². The van der Waals surface area contributed by atoms with Crippen LogP contribution in [0.3, 0.4) is 0 Å². The molecule has 0 saturated heterocycles. The summed E-state index contributed by atoms with van der Waals surface area (Å²) in [6.07, 6.45) is 8.13. The van der Waals surface area contributed by atoms with Gasteiger partial charge in [0, 0.05) is 12.8 Å². The van der Waals surface area contributed by atoms with Crippen LogP contribution >= 0.6 is 0 Å². The van der Waals surface area contributed by atoms with Gasteiger partial charge in [0.05, 0.1) is 6.04 Å². The normalized spacial score (nSPS) is 23.1. The second-order valence-electron chi connectivity index (χ2n) is 2.67. The molecular weight excluding hydrogens is 136 g/mol. The van der Waals surface area contributed by atoms with E-state index in [4.69, 9.17) is 0 Å². The second kappa shape index (κ2) is 4.09. The predicted molar refractivity (Wildman–Crippen MR) is 49.1 cm³/mol. The van der Waals surface area contributed by atoms with Crippen molar-refractivity contribution >= 4 is 6.21 Å². The lowest BCUT2D eigenvalue weighted by Crippen LogP contribution is -2.09. The van der Waals surface area contributed by atoms with Gasteiger partial charge in [0.1, 0.15) is 0 Å². The molecule has 0 fully saturated rings. The SMILES string of the molecule is CNCC1=CC=NC(C)C=C1. The molecule has 11 heavy (non-hydrogen) atoms. The Hall–Kier alpha value is -0.890. The smallest absolute Gasteiger partial charge is 0.0654 e. The van der Waals surface area contributed by atoms with Gasteiger partial charge in [-0.05, 0) is 25.6 Å². The summed E-state index contributed by atoms with van der Waals surface area (Å²) in [7, 11) is 1.94. The molecule has 0 bridgehead atoms. The first-order chi connectivity index (χ1) is 5.33. The monoisotopic (exact) mass is 150 g/mol. The van der Waals surface area contributed by atoms with Crippen molar-refractivity contribution in [1.82, 2.24) is 5.32 Å². The molecule has 0 radical (unpaired) electrons. The number of nitrogens with one attached hydrogen (secondary N) is 1. The molecule has 0 aromatic carbocycles. The lowest BCUT2D eigenvalue weighted by molar-refractivity contribution is 0.893. The van der Waals surface area contributed by atoms with Crippen LogP contribution in [0.2, 0.25) is 0 Å². The Bertz CT molecular complexity index is 202. The largest absolute Gasteiger partial charge is 0.316 e. The van der Waals surface area contributed by atoms with E-state index >= 15 is 0 Å². The van der Waals surface area contributed by atoms with Crippen molar-refractivity contribution < 1.29 is 0 Å². The van der Waals surface area contributed by atoms with Crippen molar-refractivity contribution in [2.24, 2.45) is 4.99 Å². The number of hydrogen-bond donors (Lipinski definition) is 1. The van der Waals surface area contributed by atoms with Gasteiger partial charge in [0.25, 0.3) is 0 Å². The van der Waals surface area contributed by atoms with Gasteiger partial charge in [0.15, 0.2) is 0 Å². The Balaban J connectivity index is 2.61. The minimum Gasteiger partial charge on any atom is -0.316 e. The van der Waals surface area contributed by atoms with E-state index in [9.17, 15) is 0 Å². The zero-order valence-corrected chi connectivity index (χ0v) is 7.04. The molecule has 2 nitrogen and oxygen atoms in total. The number of allylic oxidation sites excluding steroid dienone is 1. The van der Waals surface area contributed by atoms with E-state index in [1.54, 1.807) is 0 Å². The Morgan fingerprint density at radius 1 is 1.64 bits per heavy atom. The minimum absolute atomic E-state index is 0.320. The second-order valence-corrected chi connectivity index (χ2v) is 2.67. The standard InChI is InChI=1S/C9H14N2/c1-8-3-4-9(7-10-2)5-6-11-8/h3-6,8,10H,7H2,1-2H3. The lowest BCUT2D eigenvalue weighted by atomic mass is 10.2. The van der Waals surface area contributed by atoms with Crippen molar-refractivity contribution in [1.29, 1.82) is 0 Å². The van der Waals surface area contributed by atoms with E-state index in [1.807, 2.05) is 19.3 Å². The highest BCUT2D eigenvalue weighted by Crippen LogP contribution is 2.02. The first-order valence-corrected chi connectivity index (χ1v) is 3.88. The van der Waals surface area contributed by atoms with Crippen LogP contribution in [-0.4, -0.2) is 25.8 Å². The van der Waals surface area contributed by atoms with Crippen molar-refractivity contribution in [3.63, 3.8) is 0 Å². The highest BCUT2D eigenvalue weighted by Gasteiger charge is 1.95. The van der Waals surface area contributed by atoms with E-state index < -0.39 is 0 Å². The first kappa shape index (κ1) is 8.21. The lowest BCUT2D eigenvalue weighted by Gasteiger charge is -1.97. The van der Waals surface area contributed by atoms with Crippen LogP contribution in [0.5, 0.6) is 0 Å². The topological polar surface area (TPSA) is 24.4 Å². The van der Waals surface area contributed by atoms with Crippen LogP contribution in [0.4, 0.5) is 0 Å². The molecule has 1 atom stereocenters. The van der Waals surface area contributed by atoms with E-state index in [2.05, 4.69) is 29.4 Å². The zero-order chi connectivity index (χ0) is 8.10. The fourth-order valence-electron chi connectivity index (χ4n) is 0.965. The summed E-state index contributed by atoms with van der Waals surface area (Å²) in [5.74, 6) is 0. The Morgan fingerprint density at radius 3 is 3.18 bits per heavy atom. The van der Waals surface area contributed by atoms with Gasteiger partial charge in [-0.25, -0.2) is 0 Å². The van der Waals surface area contributed by atoms with E-state index in [0.717, 1.165) is 6.54 Å². The van der Waals surface area contributed by atoms with Gasteiger partial charge in [-0.2, -0.15) is 0 Å². The van der Waals surface area contributed by atoms with Crippen molar-refractivity contribution in [2.75, 3.05) is 13.6 Å². The van der Waals surface area contributed by atoms with Crippen molar-refractivity contribution in [2.45, 2.75) is 13.0 Å². The molecule has 1 heterocycles. The molecule has 0 saturated carbocycles. The number of rotatable bonds is 2. The molecule has 1 N–H and O–H groups in total. The molecule has 1 aliphatic rings. The molecule has 0 aromatic rings. The van der Waals surface area contributed by atoms with Gasteiger partial charge in [-0.3, -0.25) is 4.99 Å². The third-order valence-corrected chi connectivity index (χ3v) is 1.58. The maximum absolute atomic E-state index is 4.24. The van der Waals surface area contributed by atoms with Crippen LogP contribution in [0.1, 0.15) is 6.92 Å². The van der Waals surface area contributed by atoms with E-state index in [0.29, 0.717) is 6.04 Å². The number of aliphatic imine (C=N–C) groups is 1. The fraction of sp³-hybridized carbons (Fsp3) is 0.444. The number of likely N-dealkylation sites (N-methyl/N-ethyl adjacent to an activating group) is 1. The minimum atomic E-state index is 0.320. The summed E-state index contributed by atoms with van der Waals surface area (Å²) in [6.45, 7) is 2.98. The number of nitrogens with zero attached hydrogens (tertiary/aromatic N) is 1. The Morgan fingerprint density at radius 2 is 2.45 bits per heavy atom. The average molecular weight is 150 g/mol. The summed E-state index contributed by atoms with van der Waals surface area (Å²) >= 11 is 0. The fourth-order valence-corrected chi connectivity index (χ4v) is 0.965. The van der Waals surface area contributed by atoms with Crippen LogP contribution in [-0.2, 0) is 0 Å². The Kier molecular flexibility index (Phi) is 3.05. The zero-order valence-electron chi connectivity index (χ0n) is 7.04. The molecule has 0 amide bonds. The molecule has 1 unspecified atom stereocenters. The van der Waals surface area contributed by atoms with Crippen molar-refractivity contribution in [3.05, 3.63) is 23.8 Å². The predicted octanol–water partition coefficient (Wildman–Crippen LogP) is 1.16. The van der Waals surface area contributed by atoms with Crippen LogP contribution in [0.15, 0.2) is 28.8 Å². The Labute approximate surface area is 67.7 Å². The molecule has 1 aliphatic heterocycles. The molecule has 0 spiro atoms. The third-order valence-electron chi connectivity index (χ3n) is 1.58. The van der Waals surface area contributed by atoms with Crippen molar-refractivity contribution in [3.8, 4) is 0 Å². The molecule has 1 rings (SSSR count). The quantitative estimate of drug-likeness (QED) is 0.627. The first-order valence-electron chi connectivity index (χ1n) is 3.88. The van der Waals surface area contributed by atoms with Gasteiger partial charge in [-0.1, -0.05) is 12.2 Å². The highest BCUT2D eigenvalue weighted by atomic mass is 14.8. The molecule has 0 aromatic heterocycles. The molecule has 0 aliphatic carbocycles. The molecule has 60 valence electrons. The molecule has 2 heteroatoms. The summed E-state index contributed by atoms with van der Waals surface area (Å²) in [6, 6.07) is 0.320. The summed E-state index contributed by atoms with van der Waals surface area (Å²) in [5.41, 5.74) is 1.28. The van der Waals surface area contributed by atoms with Crippen LogP contribution in [0, 0.1) is 0 Å². The maximum atomic E-state index is 4.24. The third kappa shape index (κ3) is 2.68. The summed E-state index contributed by atoms with van der Waals surface area (Å²) in [4.78, 5) is 4.24. The summed E-state index contributed by atoms with van der Waals surface area (Å²) < 4.78 is 0. The van der Waals surface area contributed by atoms with Gasteiger partial charge < -0.3 is 5.32 Å². The molecular formula is C9H14N2. The van der Waals surface area contributed by atoms with Gasteiger partial charge >= 0.3 is 0 Å². The van der Waals surface area contributed by atoms with Gasteiger partial charge in [-0.15, -0.1) is 0 Å². The highest BCUT2D eigenvalue weighted by molar-refractivity contribution is 5.74. The number of hydrogen-bond acceptors (Lipinski definition) is 2. The average Bonchev–Trinajstić information content (AvgIpc) is 2.17. The van der Waals surface area contributed by atoms with Crippen LogP contribution in [0.25, 0.3) is 0 Å². The van der Waals surface area contributed by atoms with Crippen LogP contribution < -0.4 is 5.32 Å². The maximum Gasteiger partial charge on any atom is 0.0654 e. The van der Waals surface area contributed by atoms with E-state index in [1.165, 1.54) is 5.57 Å².